The molecule has 5 nitrogen and oxygen atoms in total. The molecular formula is C13H17ClF3N3O2. The molecule has 1 aromatic carbocycles. The van der Waals surface area contributed by atoms with E-state index in [4.69, 9.17) is 5.73 Å². The molecule has 0 aliphatic rings. The van der Waals surface area contributed by atoms with Crippen LogP contribution in [0.25, 0.3) is 0 Å². The molecule has 124 valence electrons. The lowest BCUT2D eigenvalue weighted by Crippen LogP contribution is -2.41. The molecule has 1 aromatic rings. The third-order valence-electron chi connectivity index (χ3n) is 2.66. The van der Waals surface area contributed by atoms with Gasteiger partial charge in [-0.2, -0.15) is 0 Å². The molecule has 0 aliphatic heterocycles. The Hall–Kier alpha value is -1.80. The van der Waals surface area contributed by atoms with Crippen LogP contribution < -0.4 is 11.1 Å². The zero-order valence-electron chi connectivity index (χ0n) is 11.9. The molecule has 22 heavy (non-hydrogen) atoms. The first-order valence-electron chi connectivity index (χ1n) is 6.31. The van der Waals surface area contributed by atoms with Gasteiger partial charge in [0, 0.05) is 6.54 Å². The third kappa shape index (κ3) is 5.19. The smallest absolute Gasteiger partial charge is 0.244 e. The fourth-order valence-electron chi connectivity index (χ4n) is 1.68. The van der Waals surface area contributed by atoms with E-state index in [0.717, 1.165) is 6.07 Å². The van der Waals surface area contributed by atoms with Crippen molar-refractivity contribution in [2.45, 2.75) is 13.3 Å². The van der Waals surface area contributed by atoms with Gasteiger partial charge >= 0.3 is 0 Å². The van der Waals surface area contributed by atoms with Gasteiger partial charge in [0.15, 0.2) is 17.5 Å². The normalized spacial score (nSPS) is 9.86. The van der Waals surface area contributed by atoms with E-state index in [2.05, 4.69) is 5.32 Å². The molecule has 0 spiro atoms. The van der Waals surface area contributed by atoms with E-state index in [1.54, 1.807) is 0 Å². The van der Waals surface area contributed by atoms with E-state index >= 15 is 0 Å². The minimum Gasteiger partial charge on any atom is -0.332 e. The number of rotatable bonds is 6. The van der Waals surface area contributed by atoms with Crippen LogP contribution in [-0.4, -0.2) is 36.3 Å². The topological polar surface area (TPSA) is 75.4 Å². The summed E-state index contributed by atoms with van der Waals surface area (Å²) >= 11 is 0. The first-order valence-corrected chi connectivity index (χ1v) is 6.31. The highest BCUT2D eigenvalue weighted by Gasteiger charge is 2.18. The fourth-order valence-corrected chi connectivity index (χ4v) is 1.68. The van der Waals surface area contributed by atoms with Crippen molar-refractivity contribution in [1.29, 1.82) is 0 Å². The number of nitrogens with two attached hydrogens (primary N) is 1. The molecule has 9 heteroatoms. The van der Waals surface area contributed by atoms with Gasteiger partial charge in [0.25, 0.3) is 0 Å². The minimum atomic E-state index is -1.67. The second kappa shape index (κ2) is 9.26. The van der Waals surface area contributed by atoms with Gasteiger partial charge in [0.05, 0.1) is 18.8 Å². The summed E-state index contributed by atoms with van der Waals surface area (Å²) in [6, 6.07) is 1.60. The van der Waals surface area contributed by atoms with Crippen LogP contribution in [0, 0.1) is 17.5 Å². The molecular weight excluding hydrogens is 323 g/mol. The van der Waals surface area contributed by atoms with Crippen LogP contribution in [-0.2, 0) is 9.59 Å². The van der Waals surface area contributed by atoms with Gasteiger partial charge < -0.3 is 16.0 Å². The van der Waals surface area contributed by atoms with Crippen molar-refractivity contribution in [2.75, 3.05) is 25.0 Å². The predicted molar refractivity (Wildman–Crippen MR) is 78.1 cm³/mol. The Morgan fingerprint density at radius 1 is 1.23 bits per heavy atom. The fraction of sp³-hybridized carbons (Fsp3) is 0.385. The Kier molecular flexibility index (Phi) is 8.51. The maximum atomic E-state index is 13.4. The maximum absolute atomic E-state index is 13.4. The Bertz CT molecular complexity index is 544. The van der Waals surface area contributed by atoms with Crippen LogP contribution in [0.2, 0.25) is 0 Å². The van der Waals surface area contributed by atoms with E-state index in [0.29, 0.717) is 19.0 Å². The third-order valence-corrected chi connectivity index (χ3v) is 2.66. The molecule has 3 N–H and O–H groups in total. The SMILES string of the molecule is CCCN(CC(=O)Nc1ccc(F)c(F)c1F)C(=O)CN.Cl. The van der Waals surface area contributed by atoms with Crippen LogP contribution in [0.5, 0.6) is 0 Å². The van der Waals surface area contributed by atoms with Crippen LogP contribution in [0.15, 0.2) is 12.1 Å². The van der Waals surface area contributed by atoms with Gasteiger partial charge in [-0.15, -0.1) is 12.4 Å². The van der Waals surface area contributed by atoms with E-state index in [-0.39, 0.29) is 25.5 Å². The summed E-state index contributed by atoms with van der Waals surface area (Å²) in [5.41, 5.74) is 4.73. The average molecular weight is 340 g/mol. The number of anilines is 1. The van der Waals surface area contributed by atoms with E-state index in [1.165, 1.54) is 4.90 Å². The monoisotopic (exact) mass is 339 g/mol. The van der Waals surface area contributed by atoms with Crippen molar-refractivity contribution in [3.8, 4) is 0 Å². The van der Waals surface area contributed by atoms with Crippen LogP contribution in [0.1, 0.15) is 13.3 Å². The average Bonchev–Trinajstić information content (AvgIpc) is 2.46. The van der Waals surface area contributed by atoms with Crippen molar-refractivity contribution in [3.63, 3.8) is 0 Å². The lowest BCUT2D eigenvalue weighted by Gasteiger charge is -2.20. The zero-order valence-corrected chi connectivity index (χ0v) is 12.7. The van der Waals surface area contributed by atoms with Crippen LogP contribution in [0.4, 0.5) is 18.9 Å². The lowest BCUT2D eigenvalue weighted by molar-refractivity contribution is -0.133. The number of nitrogens with one attached hydrogen (secondary N) is 1. The first-order chi connectivity index (χ1) is 9.90. The Balaban J connectivity index is 0.00000441. The number of hydrogen-bond acceptors (Lipinski definition) is 3. The van der Waals surface area contributed by atoms with Gasteiger partial charge in [-0.3, -0.25) is 9.59 Å². The quantitative estimate of drug-likeness (QED) is 0.774. The molecule has 1 rings (SSSR count). The molecule has 0 atom stereocenters. The highest BCUT2D eigenvalue weighted by Crippen LogP contribution is 2.19. The van der Waals surface area contributed by atoms with Crippen molar-refractivity contribution in [3.05, 3.63) is 29.6 Å². The highest BCUT2D eigenvalue weighted by molar-refractivity contribution is 5.94. The zero-order chi connectivity index (χ0) is 16.0. The van der Waals surface area contributed by atoms with E-state index in [1.807, 2.05) is 6.92 Å². The van der Waals surface area contributed by atoms with E-state index in [9.17, 15) is 22.8 Å². The maximum Gasteiger partial charge on any atom is 0.244 e. The molecule has 0 aliphatic carbocycles. The largest absolute Gasteiger partial charge is 0.332 e. The molecule has 0 fully saturated rings. The minimum absolute atomic E-state index is 0. The standard InChI is InChI=1S/C13H16F3N3O2.ClH/c1-2-5-19(11(21)6-17)7-10(20)18-9-4-3-8(14)12(15)13(9)16;/h3-4H,2,5-7,17H2,1H3,(H,18,20);1H. The number of hydrogen-bond donors (Lipinski definition) is 2. The summed E-state index contributed by atoms with van der Waals surface area (Å²) in [7, 11) is 0. The first kappa shape index (κ1) is 20.2. The van der Waals surface area contributed by atoms with Gasteiger partial charge in [-0.25, -0.2) is 13.2 Å². The number of nitrogens with zero attached hydrogens (tertiary/aromatic N) is 1. The lowest BCUT2D eigenvalue weighted by atomic mass is 10.2. The Morgan fingerprint density at radius 2 is 1.86 bits per heavy atom. The molecule has 0 heterocycles. The molecule has 0 bridgehead atoms. The van der Waals surface area contributed by atoms with Gasteiger partial charge in [0.1, 0.15) is 0 Å². The summed E-state index contributed by atoms with van der Waals surface area (Å²) in [6.07, 6.45) is 0.610. The number of carbonyl (C=O) groups excluding carboxylic acids is 2. The summed E-state index contributed by atoms with van der Waals surface area (Å²) < 4.78 is 39.2. The number of carbonyl (C=O) groups is 2. The van der Waals surface area contributed by atoms with Crippen molar-refractivity contribution < 1.29 is 22.8 Å². The van der Waals surface area contributed by atoms with E-state index < -0.39 is 35.0 Å². The summed E-state index contributed by atoms with van der Waals surface area (Å²) in [4.78, 5) is 24.4. The number of benzene rings is 1. The molecule has 0 radical (unpaired) electrons. The molecule has 0 saturated heterocycles. The van der Waals surface area contributed by atoms with Crippen molar-refractivity contribution in [1.82, 2.24) is 4.90 Å². The van der Waals surface area contributed by atoms with Crippen molar-refractivity contribution >= 4 is 29.9 Å². The van der Waals surface area contributed by atoms with Crippen LogP contribution in [0.3, 0.4) is 0 Å². The molecule has 2 amide bonds. The predicted octanol–water partition coefficient (Wildman–Crippen LogP) is 1.66. The van der Waals surface area contributed by atoms with Crippen molar-refractivity contribution in [2.24, 2.45) is 5.73 Å². The second-order valence-corrected chi connectivity index (χ2v) is 4.29. The molecule has 0 aromatic heterocycles. The summed E-state index contributed by atoms with van der Waals surface area (Å²) in [6.45, 7) is 1.52. The molecule has 0 saturated carbocycles. The highest BCUT2D eigenvalue weighted by atomic mass is 35.5. The summed E-state index contributed by atoms with van der Waals surface area (Å²) in [5.74, 6) is -5.67. The molecule has 0 unspecified atom stereocenters. The van der Waals surface area contributed by atoms with Gasteiger partial charge in [-0.1, -0.05) is 6.92 Å². The number of amides is 2. The van der Waals surface area contributed by atoms with Crippen LogP contribution >= 0.6 is 12.4 Å². The Morgan fingerprint density at radius 3 is 2.41 bits per heavy atom. The van der Waals surface area contributed by atoms with Gasteiger partial charge in [-0.05, 0) is 18.6 Å². The van der Waals surface area contributed by atoms with Gasteiger partial charge in [0.2, 0.25) is 11.8 Å². The second-order valence-electron chi connectivity index (χ2n) is 4.29. The Labute approximate surface area is 132 Å². The number of halogens is 4. The summed E-state index contributed by atoms with van der Waals surface area (Å²) in [5, 5.41) is 2.09.